The van der Waals surface area contributed by atoms with Crippen LogP contribution in [0.3, 0.4) is 0 Å². The number of nitrogens with one attached hydrogen (secondary N) is 1. The first-order valence-corrected chi connectivity index (χ1v) is 8.08. The van der Waals surface area contributed by atoms with E-state index in [2.05, 4.69) is 15.4 Å². The second-order valence-corrected chi connectivity index (χ2v) is 5.87. The van der Waals surface area contributed by atoms with Gasteiger partial charge in [0.05, 0.1) is 12.1 Å². The second-order valence-electron chi connectivity index (χ2n) is 5.09. The lowest BCUT2D eigenvalue weighted by Gasteiger charge is -2.16. The second kappa shape index (κ2) is 7.17. The first-order chi connectivity index (χ1) is 11.2. The topological polar surface area (TPSA) is 80.0 Å². The predicted molar refractivity (Wildman–Crippen MR) is 87.5 cm³/mol. The van der Waals surface area contributed by atoms with Crippen molar-refractivity contribution in [2.24, 2.45) is 0 Å². The lowest BCUT2D eigenvalue weighted by atomic mass is 10.1. The van der Waals surface area contributed by atoms with Gasteiger partial charge in [-0.05, 0) is 40.1 Å². The fourth-order valence-electron chi connectivity index (χ4n) is 2.30. The highest BCUT2D eigenvalue weighted by molar-refractivity contribution is 7.07. The molecular weight excluding hydrogens is 312 g/mol. The molecule has 0 aliphatic rings. The lowest BCUT2D eigenvalue weighted by Crippen LogP contribution is -2.23. The van der Waals surface area contributed by atoms with Gasteiger partial charge in [0.2, 0.25) is 0 Å². The fourth-order valence-corrected chi connectivity index (χ4v) is 3.02. The van der Waals surface area contributed by atoms with Gasteiger partial charge in [0.25, 0.3) is 0 Å². The molecule has 0 amide bonds. The molecule has 6 nitrogen and oxygen atoms in total. The maximum absolute atomic E-state index is 11.0. The Kier molecular flexibility index (Phi) is 4.80. The number of carboxylic acids is 1. The normalized spacial score (nSPS) is 12.2. The monoisotopic (exact) mass is 328 g/mol. The third-order valence-electron chi connectivity index (χ3n) is 3.50. The molecule has 2 heterocycles. The van der Waals surface area contributed by atoms with Crippen molar-refractivity contribution in [1.29, 1.82) is 0 Å². The molecule has 0 spiro atoms. The van der Waals surface area contributed by atoms with Gasteiger partial charge < -0.3 is 10.4 Å². The number of benzene rings is 1. The van der Waals surface area contributed by atoms with Crippen molar-refractivity contribution in [3.63, 3.8) is 0 Å². The Morgan fingerprint density at radius 3 is 2.74 bits per heavy atom. The van der Waals surface area contributed by atoms with E-state index in [-0.39, 0.29) is 12.5 Å². The molecule has 23 heavy (non-hydrogen) atoms. The van der Waals surface area contributed by atoms with Crippen molar-refractivity contribution >= 4 is 17.3 Å². The molecule has 3 rings (SSSR count). The van der Waals surface area contributed by atoms with E-state index in [9.17, 15) is 4.79 Å². The highest BCUT2D eigenvalue weighted by atomic mass is 32.1. The zero-order valence-corrected chi connectivity index (χ0v) is 13.1. The van der Waals surface area contributed by atoms with Crippen molar-refractivity contribution in [3.8, 4) is 5.69 Å². The first kappa shape index (κ1) is 15.4. The van der Waals surface area contributed by atoms with Crippen LogP contribution >= 0.6 is 11.3 Å². The summed E-state index contributed by atoms with van der Waals surface area (Å²) in [7, 11) is 0. The maximum atomic E-state index is 11.0. The van der Waals surface area contributed by atoms with Crippen molar-refractivity contribution in [1.82, 2.24) is 20.1 Å². The number of hydrogen-bond acceptors (Lipinski definition) is 5. The van der Waals surface area contributed by atoms with Crippen LogP contribution in [-0.4, -0.2) is 25.8 Å². The van der Waals surface area contributed by atoms with Crippen LogP contribution in [0.2, 0.25) is 0 Å². The fraction of sp³-hybridized carbons (Fsp3) is 0.188. The molecule has 0 fully saturated rings. The molecule has 2 aromatic heterocycles. The molecule has 7 heteroatoms. The smallest absolute Gasteiger partial charge is 0.305 e. The lowest BCUT2D eigenvalue weighted by molar-refractivity contribution is -0.137. The summed E-state index contributed by atoms with van der Waals surface area (Å²) in [5.41, 5.74) is 3.03. The van der Waals surface area contributed by atoms with Crippen LogP contribution in [0.25, 0.3) is 5.69 Å². The third kappa shape index (κ3) is 4.02. The van der Waals surface area contributed by atoms with E-state index in [0.29, 0.717) is 6.54 Å². The summed E-state index contributed by atoms with van der Waals surface area (Å²) >= 11 is 1.57. The van der Waals surface area contributed by atoms with Crippen LogP contribution < -0.4 is 5.32 Å². The number of carboxylic acid groups (broad SMARTS) is 1. The number of nitrogens with zero attached hydrogens (tertiary/aromatic N) is 3. The molecule has 1 atom stereocenters. The molecule has 0 radical (unpaired) electrons. The van der Waals surface area contributed by atoms with Gasteiger partial charge in [-0.1, -0.05) is 12.1 Å². The van der Waals surface area contributed by atoms with Gasteiger partial charge in [-0.2, -0.15) is 16.4 Å². The Hall–Kier alpha value is -2.51. The highest BCUT2D eigenvalue weighted by Gasteiger charge is 2.15. The Morgan fingerprint density at radius 1 is 1.30 bits per heavy atom. The van der Waals surface area contributed by atoms with Gasteiger partial charge in [-0.15, -0.1) is 0 Å². The van der Waals surface area contributed by atoms with Gasteiger partial charge in [-0.3, -0.25) is 4.79 Å². The molecule has 0 saturated heterocycles. The Balaban J connectivity index is 1.65. The largest absolute Gasteiger partial charge is 0.481 e. The van der Waals surface area contributed by atoms with Gasteiger partial charge in [-0.25, -0.2) is 9.67 Å². The van der Waals surface area contributed by atoms with Crippen LogP contribution in [0.5, 0.6) is 0 Å². The third-order valence-corrected chi connectivity index (χ3v) is 4.20. The van der Waals surface area contributed by atoms with E-state index in [1.54, 1.807) is 22.3 Å². The number of rotatable bonds is 7. The molecular formula is C16H16N4O2S. The zero-order chi connectivity index (χ0) is 16.1. The molecule has 118 valence electrons. The average molecular weight is 328 g/mol. The number of carbonyl (C=O) groups is 1. The first-order valence-electron chi connectivity index (χ1n) is 7.13. The summed E-state index contributed by atoms with van der Waals surface area (Å²) < 4.78 is 1.69. The van der Waals surface area contributed by atoms with Crippen molar-refractivity contribution in [2.75, 3.05) is 0 Å². The molecule has 0 saturated carbocycles. The van der Waals surface area contributed by atoms with Crippen LogP contribution in [0, 0.1) is 0 Å². The molecule has 2 N–H and O–H groups in total. The average Bonchev–Trinajstić information content (AvgIpc) is 3.24. The molecule has 0 aliphatic heterocycles. The number of hydrogen-bond donors (Lipinski definition) is 2. The summed E-state index contributed by atoms with van der Waals surface area (Å²) in [6, 6.07) is 9.68. The molecule has 1 aromatic carbocycles. The zero-order valence-electron chi connectivity index (χ0n) is 12.3. The van der Waals surface area contributed by atoms with Gasteiger partial charge in [0, 0.05) is 12.6 Å². The summed E-state index contributed by atoms with van der Waals surface area (Å²) in [4.78, 5) is 15.0. The van der Waals surface area contributed by atoms with Crippen LogP contribution in [0.4, 0.5) is 0 Å². The summed E-state index contributed by atoms with van der Waals surface area (Å²) in [5.74, 6) is -0.810. The Labute approximate surface area is 137 Å². The van der Waals surface area contributed by atoms with Crippen LogP contribution in [0.15, 0.2) is 53.7 Å². The van der Waals surface area contributed by atoms with E-state index in [1.165, 1.54) is 6.33 Å². The molecule has 3 aromatic rings. The molecule has 0 bridgehead atoms. The van der Waals surface area contributed by atoms with Crippen molar-refractivity contribution < 1.29 is 9.90 Å². The van der Waals surface area contributed by atoms with Crippen LogP contribution in [0.1, 0.15) is 23.6 Å². The van der Waals surface area contributed by atoms with Gasteiger partial charge in [0.1, 0.15) is 12.7 Å². The summed E-state index contributed by atoms with van der Waals surface area (Å²) in [6.45, 7) is 0.603. The number of thiophene rings is 1. The standard InChI is InChI=1S/C16H16N4O2S/c21-16(22)7-15(13-5-6-23-9-13)18-8-12-1-3-14(4-2-12)20-11-17-10-19-20/h1-6,9-11,15,18H,7-8H2,(H,21,22). The van der Waals surface area contributed by atoms with Gasteiger partial charge >= 0.3 is 5.97 Å². The summed E-state index contributed by atoms with van der Waals surface area (Å²) in [5, 5.41) is 20.4. The quantitative estimate of drug-likeness (QED) is 0.697. The van der Waals surface area contributed by atoms with E-state index in [4.69, 9.17) is 5.11 Å². The maximum Gasteiger partial charge on any atom is 0.305 e. The number of aromatic nitrogens is 3. The number of aliphatic carboxylic acids is 1. The summed E-state index contributed by atoms with van der Waals surface area (Å²) in [6.07, 6.45) is 3.20. The van der Waals surface area contributed by atoms with E-state index >= 15 is 0 Å². The Bertz CT molecular complexity index is 739. The van der Waals surface area contributed by atoms with Crippen LogP contribution in [-0.2, 0) is 11.3 Å². The minimum atomic E-state index is -0.810. The SMILES string of the molecule is O=C(O)CC(NCc1ccc(-n2cncn2)cc1)c1ccsc1. The minimum Gasteiger partial charge on any atom is -0.481 e. The van der Waals surface area contributed by atoms with E-state index in [1.807, 2.05) is 41.1 Å². The molecule has 1 unspecified atom stereocenters. The minimum absolute atomic E-state index is 0.0633. The molecule has 0 aliphatic carbocycles. The van der Waals surface area contributed by atoms with Crippen molar-refractivity contribution in [2.45, 2.75) is 19.0 Å². The van der Waals surface area contributed by atoms with E-state index in [0.717, 1.165) is 16.8 Å². The highest BCUT2D eigenvalue weighted by Crippen LogP contribution is 2.20. The predicted octanol–water partition coefficient (Wildman–Crippen LogP) is 2.63. The Morgan fingerprint density at radius 2 is 2.13 bits per heavy atom. The van der Waals surface area contributed by atoms with E-state index < -0.39 is 5.97 Å². The van der Waals surface area contributed by atoms with Gasteiger partial charge in [0.15, 0.2) is 0 Å². The van der Waals surface area contributed by atoms with Crippen molar-refractivity contribution in [3.05, 3.63) is 64.9 Å².